The van der Waals surface area contributed by atoms with Crippen LogP contribution in [0.2, 0.25) is 0 Å². The second-order valence-electron chi connectivity index (χ2n) is 8.03. The van der Waals surface area contributed by atoms with Crippen LogP contribution in [0.3, 0.4) is 0 Å². The van der Waals surface area contributed by atoms with Crippen LogP contribution in [0.15, 0.2) is 48.8 Å². The molecule has 3 aromatic heterocycles. The molecule has 1 aromatic carbocycles. The number of rotatable bonds is 6. The molecule has 5 rings (SSSR count). The molecule has 0 saturated heterocycles. The van der Waals surface area contributed by atoms with Gasteiger partial charge in [0.05, 0.1) is 17.5 Å². The molecule has 8 nitrogen and oxygen atoms in total. The molecule has 1 fully saturated rings. The van der Waals surface area contributed by atoms with Gasteiger partial charge in [-0.25, -0.2) is 18.1 Å². The third kappa shape index (κ3) is 3.48. The fourth-order valence-electron chi connectivity index (χ4n) is 4.72. The molecule has 156 valence electrons. The molecule has 3 heterocycles. The molecule has 30 heavy (non-hydrogen) atoms. The van der Waals surface area contributed by atoms with Crippen molar-refractivity contribution < 1.29 is 8.42 Å². The lowest BCUT2D eigenvalue weighted by molar-refractivity contribution is 0.449. The van der Waals surface area contributed by atoms with E-state index in [1.807, 2.05) is 47.0 Å². The molecule has 9 heteroatoms. The normalized spacial score (nSPS) is 22.2. The van der Waals surface area contributed by atoms with Crippen molar-refractivity contribution in [3.8, 4) is 0 Å². The SMILES string of the molecule is CC[C@@H]1C[C@H](NS(=O)(=O)Cc2ccccc2)C[C@@H]1c1nnc2cnc3[nH]ccc3n12. The summed E-state index contributed by atoms with van der Waals surface area (Å²) in [6.07, 6.45) is 6.03. The molecular weight excluding hydrogens is 400 g/mol. The van der Waals surface area contributed by atoms with Crippen LogP contribution in [0.5, 0.6) is 0 Å². The van der Waals surface area contributed by atoms with Gasteiger partial charge in [-0.1, -0.05) is 43.7 Å². The van der Waals surface area contributed by atoms with Crippen molar-refractivity contribution in [3.63, 3.8) is 0 Å². The Hall–Kier alpha value is -2.78. The van der Waals surface area contributed by atoms with Crippen LogP contribution in [-0.4, -0.2) is 39.0 Å². The largest absolute Gasteiger partial charge is 0.345 e. The Morgan fingerprint density at radius 3 is 2.80 bits per heavy atom. The van der Waals surface area contributed by atoms with Crippen LogP contribution in [0.1, 0.15) is 43.5 Å². The van der Waals surface area contributed by atoms with Gasteiger partial charge in [-0.3, -0.25) is 4.40 Å². The highest BCUT2D eigenvalue weighted by molar-refractivity contribution is 7.88. The van der Waals surface area contributed by atoms with Gasteiger partial charge in [0.25, 0.3) is 0 Å². The highest BCUT2D eigenvalue weighted by Crippen LogP contribution is 2.41. The molecule has 0 radical (unpaired) electrons. The van der Waals surface area contributed by atoms with Crippen LogP contribution in [0.25, 0.3) is 16.8 Å². The second kappa shape index (κ2) is 7.48. The van der Waals surface area contributed by atoms with Gasteiger partial charge in [-0.15, -0.1) is 10.2 Å². The first-order valence-corrected chi connectivity index (χ1v) is 11.9. The van der Waals surface area contributed by atoms with E-state index in [2.05, 4.69) is 31.8 Å². The number of H-pyrrole nitrogens is 1. The summed E-state index contributed by atoms with van der Waals surface area (Å²) >= 11 is 0. The third-order valence-corrected chi connectivity index (χ3v) is 7.47. The summed E-state index contributed by atoms with van der Waals surface area (Å²) in [5.74, 6) is 1.35. The lowest BCUT2D eigenvalue weighted by atomic mass is 9.93. The molecule has 2 N–H and O–H groups in total. The first kappa shape index (κ1) is 19.2. The number of sulfonamides is 1. The highest BCUT2D eigenvalue weighted by atomic mass is 32.2. The minimum Gasteiger partial charge on any atom is -0.345 e. The number of hydrogen-bond donors (Lipinski definition) is 2. The van der Waals surface area contributed by atoms with E-state index >= 15 is 0 Å². The van der Waals surface area contributed by atoms with E-state index in [4.69, 9.17) is 0 Å². The van der Waals surface area contributed by atoms with E-state index in [0.717, 1.165) is 35.4 Å². The maximum absolute atomic E-state index is 12.7. The van der Waals surface area contributed by atoms with E-state index in [1.54, 1.807) is 6.20 Å². The van der Waals surface area contributed by atoms with Gasteiger partial charge in [0.2, 0.25) is 10.0 Å². The van der Waals surface area contributed by atoms with Gasteiger partial charge >= 0.3 is 0 Å². The lowest BCUT2D eigenvalue weighted by Crippen LogP contribution is -2.34. The number of nitrogens with zero attached hydrogens (tertiary/aromatic N) is 4. The first-order chi connectivity index (χ1) is 14.5. The predicted molar refractivity (Wildman–Crippen MR) is 114 cm³/mol. The smallest absolute Gasteiger partial charge is 0.216 e. The summed E-state index contributed by atoms with van der Waals surface area (Å²) in [7, 11) is -3.42. The zero-order valence-corrected chi connectivity index (χ0v) is 17.5. The molecule has 1 aliphatic rings. The number of fused-ring (bicyclic) bond motifs is 3. The van der Waals surface area contributed by atoms with Crippen molar-refractivity contribution in [2.45, 2.75) is 43.9 Å². The van der Waals surface area contributed by atoms with Crippen LogP contribution < -0.4 is 4.72 Å². The minimum atomic E-state index is -3.42. The van der Waals surface area contributed by atoms with E-state index in [9.17, 15) is 8.42 Å². The average molecular weight is 425 g/mol. The van der Waals surface area contributed by atoms with E-state index in [0.29, 0.717) is 18.0 Å². The molecule has 4 aromatic rings. The maximum atomic E-state index is 12.7. The summed E-state index contributed by atoms with van der Waals surface area (Å²) in [5, 5.41) is 8.80. The van der Waals surface area contributed by atoms with Crippen molar-refractivity contribution in [3.05, 3.63) is 60.2 Å². The molecule has 0 amide bonds. The number of aromatic amines is 1. The molecule has 1 aliphatic carbocycles. The molecule has 3 atom stereocenters. The molecule has 0 aliphatic heterocycles. The molecule has 0 spiro atoms. The maximum Gasteiger partial charge on any atom is 0.216 e. The van der Waals surface area contributed by atoms with Crippen molar-refractivity contribution in [2.75, 3.05) is 0 Å². The number of nitrogens with one attached hydrogen (secondary N) is 2. The van der Waals surface area contributed by atoms with E-state index in [1.165, 1.54) is 0 Å². The van der Waals surface area contributed by atoms with Gasteiger partial charge in [-0.05, 0) is 30.4 Å². The zero-order valence-electron chi connectivity index (χ0n) is 16.7. The monoisotopic (exact) mass is 424 g/mol. The Morgan fingerprint density at radius 2 is 2.00 bits per heavy atom. The molecule has 0 unspecified atom stereocenters. The molecule has 1 saturated carbocycles. The van der Waals surface area contributed by atoms with Crippen molar-refractivity contribution in [1.29, 1.82) is 0 Å². The Morgan fingerprint density at radius 1 is 1.17 bits per heavy atom. The summed E-state index contributed by atoms with van der Waals surface area (Å²) in [6.45, 7) is 2.15. The van der Waals surface area contributed by atoms with Crippen LogP contribution in [0.4, 0.5) is 0 Å². The van der Waals surface area contributed by atoms with Crippen molar-refractivity contribution in [1.82, 2.24) is 29.3 Å². The Bertz CT molecular complexity index is 1280. The fraction of sp³-hybridized carbons (Fsp3) is 0.381. The predicted octanol–water partition coefficient (Wildman–Crippen LogP) is 3.00. The molecular formula is C21H24N6O2S. The minimum absolute atomic E-state index is 0.00466. The van der Waals surface area contributed by atoms with Crippen molar-refractivity contribution >= 4 is 26.8 Å². The summed E-state index contributed by atoms with van der Waals surface area (Å²) in [5.41, 5.74) is 3.22. The zero-order chi connectivity index (χ0) is 20.7. The Labute approximate surface area is 174 Å². The lowest BCUT2D eigenvalue weighted by Gasteiger charge is -2.16. The van der Waals surface area contributed by atoms with Gasteiger partial charge in [-0.2, -0.15) is 0 Å². The highest BCUT2D eigenvalue weighted by Gasteiger charge is 2.38. The van der Waals surface area contributed by atoms with E-state index < -0.39 is 10.0 Å². The van der Waals surface area contributed by atoms with Crippen LogP contribution in [-0.2, 0) is 15.8 Å². The topological polar surface area (TPSA) is 105 Å². The van der Waals surface area contributed by atoms with E-state index in [-0.39, 0.29) is 17.7 Å². The van der Waals surface area contributed by atoms with Gasteiger partial charge in [0.15, 0.2) is 11.3 Å². The van der Waals surface area contributed by atoms with Gasteiger partial charge in [0.1, 0.15) is 5.82 Å². The number of hydrogen-bond acceptors (Lipinski definition) is 5. The van der Waals surface area contributed by atoms with Gasteiger partial charge < -0.3 is 4.98 Å². The van der Waals surface area contributed by atoms with Crippen LogP contribution >= 0.6 is 0 Å². The summed E-state index contributed by atoms with van der Waals surface area (Å²) in [6, 6.07) is 11.1. The Kier molecular flexibility index (Phi) is 4.79. The number of benzene rings is 1. The number of aromatic nitrogens is 5. The summed E-state index contributed by atoms with van der Waals surface area (Å²) < 4.78 is 30.5. The first-order valence-electron chi connectivity index (χ1n) is 10.2. The fourth-order valence-corrected chi connectivity index (χ4v) is 6.13. The quantitative estimate of drug-likeness (QED) is 0.495. The van der Waals surface area contributed by atoms with Gasteiger partial charge in [0, 0.05) is 18.2 Å². The van der Waals surface area contributed by atoms with Crippen LogP contribution in [0, 0.1) is 5.92 Å². The molecule has 0 bridgehead atoms. The standard InChI is InChI=1S/C21H24N6O2S/c1-2-15-10-16(26-30(28,29)13-14-6-4-3-5-7-14)11-17(15)21-25-24-19-12-23-20-18(27(19)21)8-9-22-20/h3-9,12,15-17,22,26H,2,10-11,13H2,1H3/t15-,16+,17+/m1/s1. The Balaban J connectivity index is 1.41. The average Bonchev–Trinajstić information content (AvgIpc) is 3.44. The van der Waals surface area contributed by atoms with Crippen molar-refractivity contribution in [2.24, 2.45) is 5.92 Å². The summed E-state index contributed by atoms with van der Waals surface area (Å²) in [4.78, 5) is 7.51. The third-order valence-electron chi connectivity index (χ3n) is 6.06. The second-order valence-corrected chi connectivity index (χ2v) is 9.78.